The van der Waals surface area contributed by atoms with Crippen LogP contribution in [0.3, 0.4) is 0 Å². The van der Waals surface area contributed by atoms with Gasteiger partial charge in [0, 0.05) is 22.8 Å². The second kappa shape index (κ2) is 7.18. The summed E-state index contributed by atoms with van der Waals surface area (Å²) in [5.41, 5.74) is 2.14. The topological polar surface area (TPSA) is 76.1 Å². The van der Waals surface area contributed by atoms with Crippen molar-refractivity contribution in [2.45, 2.75) is 4.90 Å². The Kier molecular flexibility index (Phi) is 4.70. The van der Waals surface area contributed by atoms with Gasteiger partial charge in [0.25, 0.3) is 5.91 Å². The molecule has 1 heterocycles. The fraction of sp³-hybridized carbons (Fsp3) is 0.0476. The molecule has 0 aliphatic carbocycles. The number of amides is 1. The third-order valence-electron chi connectivity index (χ3n) is 4.31. The van der Waals surface area contributed by atoms with E-state index in [0.29, 0.717) is 10.7 Å². The zero-order valence-electron chi connectivity index (χ0n) is 14.9. The van der Waals surface area contributed by atoms with Crippen molar-refractivity contribution in [3.63, 3.8) is 0 Å². The maximum absolute atomic E-state index is 12.4. The number of nitrogens with one attached hydrogen (secondary N) is 1. The first-order valence-corrected chi connectivity index (χ1v) is 11.2. The van der Waals surface area contributed by atoms with Gasteiger partial charge in [-0.25, -0.2) is 13.4 Å². The van der Waals surface area contributed by atoms with Crippen LogP contribution in [0.25, 0.3) is 22.0 Å². The van der Waals surface area contributed by atoms with Crippen LogP contribution in [-0.4, -0.2) is 25.6 Å². The zero-order valence-corrected chi connectivity index (χ0v) is 16.5. The van der Waals surface area contributed by atoms with Crippen LogP contribution >= 0.6 is 11.3 Å². The van der Waals surface area contributed by atoms with Crippen LogP contribution in [0.1, 0.15) is 10.4 Å². The van der Waals surface area contributed by atoms with Crippen LogP contribution in [0.5, 0.6) is 0 Å². The number of nitrogens with zero attached hydrogens (tertiary/aromatic N) is 1. The maximum atomic E-state index is 12.4. The molecule has 1 amide bonds. The Morgan fingerprint density at radius 1 is 0.964 bits per heavy atom. The highest BCUT2D eigenvalue weighted by Crippen LogP contribution is 2.28. The minimum atomic E-state index is -3.29. The van der Waals surface area contributed by atoms with Gasteiger partial charge in [-0.3, -0.25) is 10.1 Å². The van der Waals surface area contributed by atoms with E-state index in [9.17, 15) is 13.2 Å². The highest BCUT2D eigenvalue weighted by Gasteiger charge is 2.12. The first-order valence-electron chi connectivity index (χ1n) is 8.46. The molecule has 7 heteroatoms. The number of carbonyl (C=O) groups is 1. The molecule has 1 N–H and O–H groups in total. The van der Waals surface area contributed by atoms with Crippen LogP contribution in [0.15, 0.2) is 77.0 Å². The Morgan fingerprint density at radius 2 is 1.68 bits per heavy atom. The van der Waals surface area contributed by atoms with Crippen LogP contribution in [0.2, 0.25) is 0 Å². The summed E-state index contributed by atoms with van der Waals surface area (Å²) in [5.74, 6) is -0.334. The Balaban J connectivity index is 1.53. The van der Waals surface area contributed by atoms with Gasteiger partial charge >= 0.3 is 0 Å². The van der Waals surface area contributed by atoms with Crippen LogP contribution in [0.4, 0.5) is 5.13 Å². The van der Waals surface area contributed by atoms with E-state index in [0.717, 1.165) is 28.3 Å². The molecule has 0 saturated heterocycles. The number of aromatic nitrogens is 1. The van der Waals surface area contributed by atoms with E-state index in [4.69, 9.17) is 0 Å². The van der Waals surface area contributed by atoms with E-state index < -0.39 is 9.84 Å². The number of carbonyl (C=O) groups excluding carboxylic acids is 1. The molecule has 0 aliphatic heterocycles. The maximum Gasteiger partial charge on any atom is 0.257 e. The predicted octanol–water partition coefficient (Wildman–Crippen LogP) is 4.62. The summed E-state index contributed by atoms with van der Waals surface area (Å²) in [6, 6.07) is 20.1. The van der Waals surface area contributed by atoms with Gasteiger partial charge in [-0.15, -0.1) is 11.3 Å². The minimum absolute atomic E-state index is 0.178. The average molecular weight is 409 g/mol. The average Bonchev–Trinajstić information content (AvgIpc) is 3.15. The molecule has 3 aromatic carbocycles. The van der Waals surface area contributed by atoms with E-state index in [-0.39, 0.29) is 10.8 Å². The lowest BCUT2D eigenvalue weighted by Crippen LogP contribution is -2.11. The molecule has 4 rings (SSSR count). The predicted molar refractivity (Wildman–Crippen MR) is 113 cm³/mol. The molecule has 0 unspecified atom stereocenters. The Bertz CT molecular complexity index is 1280. The summed E-state index contributed by atoms with van der Waals surface area (Å²) < 4.78 is 23.0. The monoisotopic (exact) mass is 408 g/mol. The van der Waals surface area contributed by atoms with E-state index in [2.05, 4.69) is 22.4 Å². The van der Waals surface area contributed by atoms with Crippen LogP contribution in [0, 0.1) is 0 Å². The first-order chi connectivity index (χ1) is 13.4. The van der Waals surface area contributed by atoms with E-state index >= 15 is 0 Å². The van der Waals surface area contributed by atoms with Gasteiger partial charge in [0.1, 0.15) is 0 Å². The summed E-state index contributed by atoms with van der Waals surface area (Å²) in [7, 11) is -3.29. The molecule has 0 radical (unpaired) electrons. The van der Waals surface area contributed by atoms with Crippen molar-refractivity contribution in [2.24, 2.45) is 0 Å². The standard InChI is InChI=1S/C21H16N2O3S2/c1-28(25,26)18-10-8-15(9-11-18)20(24)23-21-22-19(13-27-21)17-7-6-14-4-2-3-5-16(14)12-17/h2-13H,1H3,(H,22,23,24). The minimum Gasteiger partial charge on any atom is -0.298 e. The molecule has 5 nitrogen and oxygen atoms in total. The van der Waals surface area contributed by atoms with E-state index in [1.807, 2.05) is 35.7 Å². The molecule has 4 aromatic rings. The molecule has 28 heavy (non-hydrogen) atoms. The van der Waals surface area contributed by atoms with Gasteiger partial charge < -0.3 is 0 Å². The lowest BCUT2D eigenvalue weighted by atomic mass is 10.1. The van der Waals surface area contributed by atoms with Gasteiger partial charge in [-0.05, 0) is 41.1 Å². The Hall–Kier alpha value is -3.03. The summed E-state index contributed by atoms with van der Waals surface area (Å²) >= 11 is 1.34. The number of benzene rings is 3. The van der Waals surface area contributed by atoms with Crippen molar-refractivity contribution < 1.29 is 13.2 Å². The summed E-state index contributed by atoms with van der Waals surface area (Å²) in [4.78, 5) is 17.1. The summed E-state index contributed by atoms with van der Waals surface area (Å²) in [6.07, 6.45) is 1.13. The number of thiazole rings is 1. The largest absolute Gasteiger partial charge is 0.298 e. The second-order valence-corrected chi connectivity index (χ2v) is 9.22. The highest BCUT2D eigenvalue weighted by molar-refractivity contribution is 7.90. The molecule has 0 spiro atoms. The molecule has 140 valence electrons. The molecular weight excluding hydrogens is 392 g/mol. The van der Waals surface area contributed by atoms with Crippen molar-refractivity contribution in [1.29, 1.82) is 0 Å². The summed E-state index contributed by atoms with van der Waals surface area (Å²) in [5, 5.41) is 7.43. The Morgan fingerprint density at radius 3 is 2.39 bits per heavy atom. The van der Waals surface area contributed by atoms with E-state index in [1.165, 1.54) is 35.6 Å². The first kappa shape index (κ1) is 18.3. The number of anilines is 1. The number of sulfone groups is 1. The fourth-order valence-corrected chi connectivity index (χ4v) is 4.18. The van der Waals surface area contributed by atoms with Crippen molar-refractivity contribution >= 4 is 43.0 Å². The number of hydrogen-bond acceptors (Lipinski definition) is 5. The lowest BCUT2D eigenvalue weighted by Gasteiger charge is -2.03. The van der Waals surface area contributed by atoms with Gasteiger partial charge in [0.15, 0.2) is 15.0 Å². The van der Waals surface area contributed by atoms with Crippen LogP contribution < -0.4 is 5.32 Å². The normalized spacial score (nSPS) is 11.5. The third kappa shape index (κ3) is 3.81. The third-order valence-corrected chi connectivity index (χ3v) is 6.20. The molecule has 0 aliphatic rings. The number of rotatable bonds is 4. The Labute approximate surface area is 166 Å². The van der Waals surface area contributed by atoms with Gasteiger partial charge in [-0.1, -0.05) is 36.4 Å². The van der Waals surface area contributed by atoms with Crippen molar-refractivity contribution in [3.05, 3.63) is 77.7 Å². The van der Waals surface area contributed by atoms with Crippen molar-refractivity contribution in [2.75, 3.05) is 11.6 Å². The number of fused-ring (bicyclic) bond motifs is 1. The molecule has 0 saturated carbocycles. The fourth-order valence-electron chi connectivity index (χ4n) is 2.84. The van der Waals surface area contributed by atoms with Gasteiger partial charge in [0.2, 0.25) is 0 Å². The smallest absolute Gasteiger partial charge is 0.257 e. The SMILES string of the molecule is CS(=O)(=O)c1ccc(C(=O)Nc2nc(-c3ccc4ccccc4c3)cs2)cc1. The molecule has 1 aromatic heterocycles. The van der Waals surface area contributed by atoms with Crippen molar-refractivity contribution in [3.8, 4) is 11.3 Å². The molecule has 0 fully saturated rings. The van der Waals surface area contributed by atoms with Gasteiger partial charge in [-0.2, -0.15) is 0 Å². The zero-order chi connectivity index (χ0) is 19.7. The van der Waals surface area contributed by atoms with Gasteiger partial charge in [0.05, 0.1) is 10.6 Å². The highest BCUT2D eigenvalue weighted by atomic mass is 32.2. The molecule has 0 bridgehead atoms. The summed E-state index contributed by atoms with van der Waals surface area (Å²) in [6.45, 7) is 0. The lowest BCUT2D eigenvalue weighted by molar-refractivity contribution is 0.102. The van der Waals surface area contributed by atoms with E-state index in [1.54, 1.807) is 0 Å². The quantitative estimate of drug-likeness (QED) is 0.535. The second-order valence-electron chi connectivity index (χ2n) is 6.35. The number of hydrogen-bond donors (Lipinski definition) is 1. The molecular formula is C21H16N2O3S2. The van der Waals surface area contributed by atoms with Crippen LogP contribution in [-0.2, 0) is 9.84 Å². The molecule has 0 atom stereocenters. The van der Waals surface area contributed by atoms with Crippen molar-refractivity contribution in [1.82, 2.24) is 4.98 Å².